The second-order valence-corrected chi connectivity index (χ2v) is 8.41. The summed E-state index contributed by atoms with van der Waals surface area (Å²) in [6.07, 6.45) is 4.55. The first-order valence-corrected chi connectivity index (χ1v) is 10.9. The van der Waals surface area contributed by atoms with E-state index in [9.17, 15) is 4.79 Å². The summed E-state index contributed by atoms with van der Waals surface area (Å²) in [4.78, 5) is 12.6. The van der Waals surface area contributed by atoms with E-state index in [0.717, 1.165) is 42.8 Å². The zero-order chi connectivity index (χ0) is 19.8. The van der Waals surface area contributed by atoms with Gasteiger partial charge in [0.15, 0.2) is 0 Å². The molecule has 1 unspecified atom stereocenters. The zero-order valence-electron chi connectivity index (χ0n) is 16.9. The number of hydrogen-bond donors (Lipinski definition) is 3. The van der Waals surface area contributed by atoms with Crippen molar-refractivity contribution < 1.29 is 9.53 Å². The van der Waals surface area contributed by atoms with Crippen LogP contribution in [0.3, 0.4) is 0 Å². The number of hydrogen-bond acceptors (Lipinski definition) is 4. The first kappa shape index (κ1) is 18.5. The minimum atomic E-state index is 0.0562. The number of benzene rings is 2. The van der Waals surface area contributed by atoms with Gasteiger partial charge < -0.3 is 20.7 Å². The van der Waals surface area contributed by atoms with Gasteiger partial charge in [-0.25, -0.2) is 0 Å². The molecule has 3 N–H and O–H groups in total. The zero-order valence-corrected chi connectivity index (χ0v) is 16.9. The number of amides is 1. The summed E-state index contributed by atoms with van der Waals surface area (Å²) in [5.74, 6) is 1.43. The second-order valence-electron chi connectivity index (χ2n) is 8.41. The molecule has 5 rings (SSSR count). The molecule has 1 saturated carbocycles. The van der Waals surface area contributed by atoms with Gasteiger partial charge in [0.05, 0.1) is 12.6 Å². The summed E-state index contributed by atoms with van der Waals surface area (Å²) >= 11 is 0. The van der Waals surface area contributed by atoms with Crippen LogP contribution in [0, 0.1) is 5.92 Å². The van der Waals surface area contributed by atoms with Crippen molar-refractivity contribution in [2.24, 2.45) is 5.92 Å². The summed E-state index contributed by atoms with van der Waals surface area (Å²) < 4.78 is 5.60. The van der Waals surface area contributed by atoms with Gasteiger partial charge in [-0.05, 0) is 80.6 Å². The number of carbonyl (C=O) groups excluding carboxylic acids is 1. The Morgan fingerprint density at radius 2 is 1.93 bits per heavy atom. The molecule has 29 heavy (non-hydrogen) atoms. The van der Waals surface area contributed by atoms with Crippen molar-refractivity contribution in [2.75, 3.05) is 18.5 Å². The van der Waals surface area contributed by atoms with Crippen molar-refractivity contribution in [3.63, 3.8) is 0 Å². The van der Waals surface area contributed by atoms with Crippen molar-refractivity contribution in [1.82, 2.24) is 10.6 Å². The summed E-state index contributed by atoms with van der Waals surface area (Å²) in [5, 5.41) is 10.6. The Balaban J connectivity index is 1.40. The van der Waals surface area contributed by atoms with Crippen molar-refractivity contribution in [1.29, 1.82) is 0 Å². The second kappa shape index (κ2) is 7.71. The van der Waals surface area contributed by atoms with Crippen LogP contribution in [0.15, 0.2) is 42.5 Å². The maximum absolute atomic E-state index is 12.6. The number of ether oxygens (including phenoxy) is 1. The Bertz CT molecular complexity index is 891. The lowest BCUT2D eigenvalue weighted by Gasteiger charge is -2.37. The predicted molar refractivity (Wildman–Crippen MR) is 114 cm³/mol. The van der Waals surface area contributed by atoms with Gasteiger partial charge in [0.2, 0.25) is 0 Å². The Morgan fingerprint density at radius 1 is 1.10 bits per heavy atom. The molecule has 152 valence electrons. The minimum Gasteiger partial charge on any atom is -0.494 e. The van der Waals surface area contributed by atoms with E-state index >= 15 is 0 Å². The lowest BCUT2D eigenvalue weighted by atomic mass is 9.80. The van der Waals surface area contributed by atoms with E-state index in [0.29, 0.717) is 18.6 Å². The SMILES string of the molecule is CCOc1ccc(C2Nc3ccc(C(=O)NC4CCC4)cc3[C@H]3NCC[C@@H]23)cc1. The van der Waals surface area contributed by atoms with Crippen LogP contribution in [-0.4, -0.2) is 25.1 Å². The fraction of sp³-hybridized carbons (Fsp3) is 0.458. The predicted octanol–water partition coefficient (Wildman–Crippen LogP) is 4.19. The number of anilines is 1. The monoisotopic (exact) mass is 391 g/mol. The third kappa shape index (κ3) is 3.48. The van der Waals surface area contributed by atoms with Crippen molar-refractivity contribution in [3.8, 4) is 5.75 Å². The van der Waals surface area contributed by atoms with Gasteiger partial charge in [-0.3, -0.25) is 4.79 Å². The first-order valence-electron chi connectivity index (χ1n) is 10.9. The highest BCUT2D eigenvalue weighted by molar-refractivity contribution is 5.95. The van der Waals surface area contributed by atoms with E-state index in [4.69, 9.17) is 4.74 Å². The summed E-state index contributed by atoms with van der Waals surface area (Å²) in [5.41, 5.74) is 4.39. The molecule has 2 heterocycles. The molecular weight excluding hydrogens is 362 g/mol. The highest BCUT2D eigenvalue weighted by Gasteiger charge is 2.40. The summed E-state index contributed by atoms with van der Waals surface area (Å²) in [7, 11) is 0. The molecule has 0 aromatic heterocycles. The van der Waals surface area contributed by atoms with Crippen molar-refractivity contribution in [3.05, 3.63) is 59.2 Å². The first-order chi connectivity index (χ1) is 14.2. The fourth-order valence-corrected chi connectivity index (χ4v) is 4.88. The van der Waals surface area contributed by atoms with Crippen molar-refractivity contribution >= 4 is 11.6 Å². The van der Waals surface area contributed by atoms with Crippen LogP contribution < -0.4 is 20.7 Å². The fourth-order valence-electron chi connectivity index (χ4n) is 4.88. The number of carbonyl (C=O) groups is 1. The van der Waals surface area contributed by atoms with Crippen LogP contribution in [0.1, 0.15) is 66.2 Å². The highest BCUT2D eigenvalue weighted by atomic mass is 16.5. The van der Waals surface area contributed by atoms with Crippen LogP contribution in [0.2, 0.25) is 0 Å². The molecule has 2 aliphatic heterocycles. The summed E-state index contributed by atoms with van der Waals surface area (Å²) in [6, 6.07) is 15.5. The molecule has 1 amide bonds. The van der Waals surface area contributed by atoms with Gasteiger partial charge in [-0.1, -0.05) is 12.1 Å². The Labute approximate surface area is 172 Å². The largest absolute Gasteiger partial charge is 0.494 e. The number of rotatable bonds is 5. The van der Waals surface area contributed by atoms with E-state index < -0.39 is 0 Å². The average molecular weight is 392 g/mol. The Kier molecular flexibility index (Phi) is 4.92. The molecule has 1 saturated heterocycles. The van der Waals surface area contributed by atoms with Crippen LogP contribution >= 0.6 is 0 Å². The molecule has 0 spiro atoms. The molecular formula is C24H29N3O2. The molecule has 2 fully saturated rings. The number of nitrogens with one attached hydrogen (secondary N) is 3. The molecule has 3 atom stereocenters. The molecule has 5 nitrogen and oxygen atoms in total. The van der Waals surface area contributed by atoms with Crippen LogP contribution in [0.4, 0.5) is 5.69 Å². The van der Waals surface area contributed by atoms with E-state index in [-0.39, 0.29) is 18.0 Å². The summed E-state index contributed by atoms with van der Waals surface area (Å²) in [6.45, 7) is 3.69. The third-order valence-corrected chi connectivity index (χ3v) is 6.65. The van der Waals surface area contributed by atoms with Gasteiger partial charge in [-0.15, -0.1) is 0 Å². The smallest absolute Gasteiger partial charge is 0.251 e. The van der Waals surface area contributed by atoms with Crippen LogP contribution in [0.5, 0.6) is 5.75 Å². The van der Waals surface area contributed by atoms with Crippen molar-refractivity contribution in [2.45, 2.75) is 50.7 Å². The molecule has 1 aliphatic carbocycles. The van der Waals surface area contributed by atoms with Crippen LogP contribution in [0.25, 0.3) is 0 Å². The normalized spacial score (nSPS) is 25.3. The standard InChI is InChI=1S/C24H29N3O2/c1-2-29-18-9-6-15(7-10-18)22-19-12-13-25-23(19)20-14-16(8-11-21(20)27-22)24(28)26-17-4-3-5-17/h6-11,14,17,19,22-23,25,27H,2-5,12-13H2,1H3,(H,26,28)/t19-,22?,23-/m0/s1. The Morgan fingerprint density at radius 3 is 2.66 bits per heavy atom. The maximum Gasteiger partial charge on any atom is 0.251 e. The van der Waals surface area contributed by atoms with Gasteiger partial charge in [-0.2, -0.15) is 0 Å². The molecule has 3 aliphatic rings. The Hall–Kier alpha value is -2.53. The highest BCUT2D eigenvalue weighted by Crippen LogP contribution is 2.47. The van der Waals surface area contributed by atoms with Gasteiger partial charge in [0, 0.05) is 29.3 Å². The lowest BCUT2D eigenvalue weighted by Crippen LogP contribution is -2.39. The number of fused-ring (bicyclic) bond motifs is 3. The maximum atomic E-state index is 12.6. The minimum absolute atomic E-state index is 0.0562. The topological polar surface area (TPSA) is 62.4 Å². The molecule has 0 bridgehead atoms. The quantitative estimate of drug-likeness (QED) is 0.715. The van der Waals surface area contributed by atoms with E-state index in [1.807, 2.05) is 13.0 Å². The van der Waals surface area contributed by atoms with Gasteiger partial charge in [0.25, 0.3) is 5.91 Å². The molecule has 2 aromatic rings. The van der Waals surface area contributed by atoms with Crippen LogP contribution in [-0.2, 0) is 0 Å². The van der Waals surface area contributed by atoms with E-state index in [1.54, 1.807) is 0 Å². The molecule has 5 heteroatoms. The molecule has 2 aromatic carbocycles. The van der Waals surface area contributed by atoms with Gasteiger partial charge >= 0.3 is 0 Å². The van der Waals surface area contributed by atoms with E-state index in [2.05, 4.69) is 52.3 Å². The lowest BCUT2D eigenvalue weighted by molar-refractivity contribution is 0.0917. The third-order valence-electron chi connectivity index (χ3n) is 6.65. The average Bonchev–Trinajstić information content (AvgIpc) is 3.21. The molecule has 0 radical (unpaired) electrons. The van der Waals surface area contributed by atoms with Gasteiger partial charge in [0.1, 0.15) is 5.75 Å². The van der Waals surface area contributed by atoms with E-state index in [1.165, 1.54) is 17.5 Å².